The minimum absolute atomic E-state index is 0.510. The lowest BCUT2D eigenvalue weighted by Crippen LogP contribution is -2.19. The highest BCUT2D eigenvalue weighted by Gasteiger charge is 2.07. The van der Waals surface area contributed by atoms with Gasteiger partial charge < -0.3 is 5.32 Å². The number of nitrogens with zero attached hydrogens (tertiary/aromatic N) is 1. The Morgan fingerprint density at radius 2 is 1.78 bits per heavy atom. The number of benzene rings is 1. The van der Waals surface area contributed by atoms with Gasteiger partial charge in [0.05, 0.1) is 5.69 Å². The van der Waals surface area contributed by atoms with Crippen LogP contribution < -0.4 is 5.32 Å². The van der Waals surface area contributed by atoms with E-state index in [1.54, 1.807) is 18.3 Å². The monoisotopic (exact) mass is 240 g/mol. The molecule has 1 heterocycles. The summed E-state index contributed by atoms with van der Waals surface area (Å²) < 4.78 is 0. The predicted molar refractivity (Wildman–Crippen MR) is 69.0 cm³/mol. The fourth-order valence-electron chi connectivity index (χ4n) is 1.48. The largest absolute Gasteiger partial charge is 0.319 e. The van der Waals surface area contributed by atoms with Crippen molar-refractivity contribution in [2.24, 2.45) is 0 Å². The molecule has 4 heteroatoms. The lowest BCUT2D eigenvalue weighted by Gasteiger charge is -2.04. The van der Waals surface area contributed by atoms with Crippen molar-refractivity contribution in [3.63, 3.8) is 0 Å². The van der Waals surface area contributed by atoms with E-state index in [1.807, 2.05) is 30.3 Å². The molecule has 0 spiro atoms. The maximum atomic E-state index is 11.2. The van der Waals surface area contributed by atoms with Gasteiger partial charge in [0.15, 0.2) is 0 Å². The van der Waals surface area contributed by atoms with Gasteiger partial charge in [0.25, 0.3) is 5.91 Å². The van der Waals surface area contributed by atoms with Crippen molar-refractivity contribution < 1.29 is 9.59 Å². The maximum absolute atomic E-state index is 11.2. The minimum Gasteiger partial charge on any atom is -0.319 e. The van der Waals surface area contributed by atoms with E-state index in [0.717, 1.165) is 11.3 Å². The summed E-state index contributed by atoms with van der Waals surface area (Å²) in [6.07, 6.45) is 1.72. The summed E-state index contributed by atoms with van der Waals surface area (Å²) in [5, 5.41) is 2.51. The Morgan fingerprint density at radius 1 is 1.06 bits per heavy atom. The molecule has 2 rings (SSSR count). The van der Waals surface area contributed by atoms with Gasteiger partial charge >= 0.3 is 0 Å². The number of hydrogen-bond donors (Lipinski definition) is 1. The molecule has 90 valence electrons. The van der Waals surface area contributed by atoms with Crippen LogP contribution in [0.25, 0.3) is 11.3 Å². The number of ketones is 1. The summed E-state index contributed by atoms with van der Waals surface area (Å²) in [5.74, 6) is -1.12. The standard InChI is InChI=1S/C14H12N2O2/c1-10(17)14(18)16-12-7-5-11(6-8-12)13-4-2-3-9-15-13/h2-9H,1H3,(H,16,18). The van der Waals surface area contributed by atoms with Crippen LogP contribution in [0.4, 0.5) is 5.69 Å². The second-order valence-electron chi connectivity index (χ2n) is 3.80. The Hall–Kier alpha value is -2.49. The number of hydrogen-bond acceptors (Lipinski definition) is 3. The second kappa shape index (κ2) is 5.23. The fraction of sp³-hybridized carbons (Fsp3) is 0.0714. The lowest BCUT2D eigenvalue weighted by atomic mass is 10.1. The van der Waals surface area contributed by atoms with E-state index in [4.69, 9.17) is 0 Å². The van der Waals surface area contributed by atoms with E-state index >= 15 is 0 Å². The molecule has 0 aliphatic carbocycles. The third kappa shape index (κ3) is 2.79. The molecular formula is C14H12N2O2. The minimum atomic E-state index is -0.611. The molecule has 0 atom stereocenters. The van der Waals surface area contributed by atoms with Crippen LogP contribution in [-0.2, 0) is 9.59 Å². The Bertz CT molecular complexity index is 562. The average Bonchev–Trinajstić information content (AvgIpc) is 2.40. The van der Waals surface area contributed by atoms with E-state index in [1.165, 1.54) is 6.92 Å². The van der Waals surface area contributed by atoms with Gasteiger partial charge in [-0.3, -0.25) is 14.6 Å². The summed E-state index contributed by atoms with van der Waals surface area (Å²) in [6, 6.07) is 12.8. The summed E-state index contributed by atoms with van der Waals surface area (Å²) in [5.41, 5.74) is 2.41. The number of pyridine rings is 1. The van der Waals surface area contributed by atoms with E-state index in [2.05, 4.69) is 10.3 Å². The molecule has 1 N–H and O–H groups in total. The predicted octanol–water partition coefficient (Wildman–Crippen LogP) is 2.28. The number of carbonyl (C=O) groups excluding carboxylic acids is 2. The summed E-state index contributed by atoms with van der Waals surface area (Å²) in [6.45, 7) is 1.23. The number of aromatic nitrogens is 1. The first-order chi connectivity index (χ1) is 8.66. The van der Waals surface area contributed by atoms with Crippen LogP contribution in [0.5, 0.6) is 0 Å². The number of Topliss-reactive ketones (excluding diaryl/α,β-unsaturated/α-hetero) is 1. The highest BCUT2D eigenvalue weighted by Crippen LogP contribution is 2.18. The van der Waals surface area contributed by atoms with Crippen LogP contribution in [0, 0.1) is 0 Å². The Balaban J connectivity index is 2.16. The smallest absolute Gasteiger partial charge is 0.291 e. The van der Waals surface area contributed by atoms with E-state index in [0.29, 0.717) is 5.69 Å². The van der Waals surface area contributed by atoms with Crippen molar-refractivity contribution in [3.8, 4) is 11.3 Å². The van der Waals surface area contributed by atoms with Gasteiger partial charge in [-0.1, -0.05) is 18.2 Å². The van der Waals surface area contributed by atoms with Crippen molar-refractivity contribution in [2.75, 3.05) is 5.32 Å². The highest BCUT2D eigenvalue weighted by molar-refractivity contribution is 6.39. The molecule has 1 aromatic carbocycles. The van der Waals surface area contributed by atoms with Crippen molar-refractivity contribution in [3.05, 3.63) is 48.7 Å². The molecule has 18 heavy (non-hydrogen) atoms. The zero-order chi connectivity index (χ0) is 13.0. The summed E-state index contributed by atoms with van der Waals surface area (Å²) in [4.78, 5) is 26.2. The fourth-order valence-corrected chi connectivity index (χ4v) is 1.48. The van der Waals surface area contributed by atoms with Crippen molar-refractivity contribution in [1.82, 2.24) is 4.98 Å². The third-order valence-electron chi connectivity index (χ3n) is 2.42. The topological polar surface area (TPSA) is 59.1 Å². The summed E-state index contributed by atoms with van der Waals surface area (Å²) >= 11 is 0. The maximum Gasteiger partial charge on any atom is 0.291 e. The van der Waals surface area contributed by atoms with Gasteiger partial charge in [-0.15, -0.1) is 0 Å². The molecule has 4 nitrogen and oxygen atoms in total. The van der Waals surface area contributed by atoms with Gasteiger partial charge in [-0.2, -0.15) is 0 Å². The van der Waals surface area contributed by atoms with Crippen LogP contribution in [0.2, 0.25) is 0 Å². The second-order valence-corrected chi connectivity index (χ2v) is 3.80. The zero-order valence-electron chi connectivity index (χ0n) is 9.88. The van der Waals surface area contributed by atoms with Crippen LogP contribution in [0.15, 0.2) is 48.7 Å². The van der Waals surface area contributed by atoms with Gasteiger partial charge in [-0.25, -0.2) is 0 Å². The molecule has 1 aromatic heterocycles. The van der Waals surface area contributed by atoms with Gasteiger partial charge in [0.2, 0.25) is 5.78 Å². The highest BCUT2D eigenvalue weighted by atomic mass is 16.2. The quantitative estimate of drug-likeness (QED) is 0.837. The van der Waals surface area contributed by atoms with Crippen molar-refractivity contribution in [1.29, 1.82) is 0 Å². The Morgan fingerprint density at radius 3 is 2.33 bits per heavy atom. The normalized spacial score (nSPS) is 9.83. The van der Waals surface area contributed by atoms with E-state index in [-0.39, 0.29) is 0 Å². The van der Waals surface area contributed by atoms with Crippen LogP contribution in [0.1, 0.15) is 6.92 Å². The van der Waals surface area contributed by atoms with Crippen LogP contribution in [-0.4, -0.2) is 16.7 Å². The third-order valence-corrected chi connectivity index (χ3v) is 2.42. The first-order valence-corrected chi connectivity index (χ1v) is 5.50. The van der Waals surface area contributed by atoms with E-state index in [9.17, 15) is 9.59 Å². The van der Waals surface area contributed by atoms with Crippen molar-refractivity contribution in [2.45, 2.75) is 6.92 Å². The van der Waals surface area contributed by atoms with Crippen LogP contribution in [0.3, 0.4) is 0 Å². The Kier molecular flexibility index (Phi) is 3.48. The number of carbonyl (C=O) groups is 2. The average molecular weight is 240 g/mol. The van der Waals surface area contributed by atoms with Gasteiger partial charge in [-0.05, 0) is 24.3 Å². The molecule has 0 radical (unpaired) electrons. The molecule has 0 bridgehead atoms. The summed E-state index contributed by atoms with van der Waals surface area (Å²) in [7, 11) is 0. The molecule has 0 unspecified atom stereocenters. The van der Waals surface area contributed by atoms with Crippen molar-refractivity contribution >= 4 is 17.4 Å². The zero-order valence-corrected chi connectivity index (χ0v) is 9.88. The molecule has 0 aliphatic rings. The SMILES string of the molecule is CC(=O)C(=O)Nc1ccc(-c2ccccn2)cc1. The molecule has 0 saturated heterocycles. The molecular weight excluding hydrogens is 228 g/mol. The lowest BCUT2D eigenvalue weighted by molar-refractivity contribution is -0.133. The first kappa shape index (κ1) is 12.0. The number of amides is 1. The first-order valence-electron chi connectivity index (χ1n) is 5.50. The number of anilines is 1. The van der Waals surface area contributed by atoms with Gasteiger partial charge in [0, 0.05) is 24.4 Å². The molecule has 1 amide bonds. The molecule has 0 fully saturated rings. The molecule has 0 aliphatic heterocycles. The number of nitrogens with one attached hydrogen (secondary N) is 1. The Labute approximate surface area is 105 Å². The number of rotatable bonds is 3. The van der Waals surface area contributed by atoms with Gasteiger partial charge in [0.1, 0.15) is 0 Å². The molecule has 2 aromatic rings. The molecule has 0 saturated carbocycles. The van der Waals surface area contributed by atoms with Crippen LogP contribution >= 0.6 is 0 Å². The van der Waals surface area contributed by atoms with E-state index < -0.39 is 11.7 Å².